The van der Waals surface area contributed by atoms with Gasteiger partial charge in [0, 0.05) is 6.61 Å². The molecule has 0 bridgehead atoms. The molecule has 1 heterocycles. The summed E-state index contributed by atoms with van der Waals surface area (Å²) in [6.45, 7) is 4.38. The number of nitrogens with zero attached hydrogens (tertiary/aromatic N) is 2. The second kappa shape index (κ2) is 5.23. The molecule has 0 aliphatic carbocycles. The van der Waals surface area contributed by atoms with Crippen molar-refractivity contribution in [3.63, 3.8) is 0 Å². The minimum Gasteiger partial charge on any atom is -0.396 e. The molecule has 2 rings (SSSR count). The number of fused-ring (bicyclic) bond motifs is 1. The molecular formula is C14H18N2O. The Morgan fingerprint density at radius 2 is 1.65 bits per heavy atom. The average molecular weight is 230 g/mol. The second-order valence-corrected chi connectivity index (χ2v) is 4.12. The van der Waals surface area contributed by atoms with Gasteiger partial charge in [-0.1, -0.05) is 19.9 Å². The molecular weight excluding hydrogens is 212 g/mol. The zero-order valence-electron chi connectivity index (χ0n) is 10.4. The van der Waals surface area contributed by atoms with Crippen LogP contribution in [0.2, 0.25) is 0 Å². The molecule has 0 spiro atoms. The fraction of sp³-hybridized carbons (Fsp3) is 0.429. The van der Waals surface area contributed by atoms with Gasteiger partial charge in [0.25, 0.3) is 0 Å². The lowest BCUT2D eigenvalue weighted by Crippen LogP contribution is -2.01. The third-order valence-corrected chi connectivity index (χ3v) is 2.95. The topological polar surface area (TPSA) is 46.0 Å². The van der Waals surface area contributed by atoms with Crippen molar-refractivity contribution in [2.45, 2.75) is 33.1 Å². The van der Waals surface area contributed by atoms with Crippen molar-refractivity contribution in [2.75, 3.05) is 6.61 Å². The number of rotatable bonds is 4. The van der Waals surface area contributed by atoms with E-state index in [2.05, 4.69) is 23.8 Å². The number of hydrogen-bond donors (Lipinski definition) is 1. The third kappa shape index (κ3) is 2.44. The molecule has 1 aromatic carbocycles. The monoisotopic (exact) mass is 230 g/mol. The number of benzene rings is 1. The van der Waals surface area contributed by atoms with E-state index in [9.17, 15) is 0 Å². The molecule has 0 fully saturated rings. The van der Waals surface area contributed by atoms with Crippen molar-refractivity contribution in [1.82, 2.24) is 9.97 Å². The number of aliphatic hydroxyl groups excluding tert-OH is 1. The van der Waals surface area contributed by atoms with Crippen LogP contribution in [0.1, 0.15) is 30.8 Å². The maximum absolute atomic E-state index is 8.94. The van der Waals surface area contributed by atoms with E-state index < -0.39 is 0 Å². The minimum atomic E-state index is 0.173. The van der Waals surface area contributed by atoms with Crippen molar-refractivity contribution in [1.29, 1.82) is 0 Å². The summed E-state index contributed by atoms with van der Waals surface area (Å²) in [5.41, 5.74) is 5.17. The van der Waals surface area contributed by atoms with Gasteiger partial charge < -0.3 is 5.11 Å². The van der Waals surface area contributed by atoms with Crippen molar-refractivity contribution >= 4 is 11.0 Å². The van der Waals surface area contributed by atoms with Gasteiger partial charge in [-0.3, -0.25) is 0 Å². The highest BCUT2D eigenvalue weighted by Gasteiger charge is 2.06. The molecule has 90 valence electrons. The Morgan fingerprint density at radius 3 is 2.24 bits per heavy atom. The SMILES string of the molecule is CCc1nc2ccc(CCO)cc2nc1CC. The number of hydrogen-bond acceptors (Lipinski definition) is 3. The van der Waals surface area contributed by atoms with Crippen LogP contribution in [0.15, 0.2) is 18.2 Å². The van der Waals surface area contributed by atoms with Crippen LogP contribution in [-0.2, 0) is 19.3 Å². The zero-order valence-corrected chi connectivity index (χ0v) is 10.4. The summed E-state index contributed by atoms with van der Waals surface area (Å²) in [6, 6.07) is 6.03. The predicted octanol–water partition coefficient (Wildman–Crippen LogP) is 2.29. The Labute approximate surface area is 102 Å². The van der Waals surface area contributed by atoms with Crippen LogP contribution in [0.3, 0.4) is 0 Å². The number of aromatic nitrogens is 2. The Kier molecular flexibility index (Phi) is 3.69. The quantitative estimate of drug-likeness (QED) is 0.876. The summed E-state index contributed by atoms with van der Waals surface area (Å²) >= 11 is 0. The zero-order chi connectivity index (χ0) is 12.3. The van der Waals surface area contributed by atoms with E-state index in [0.717, 1.165) is 40.8 Å². The third-order valence-electron chi connectivity index (χ3n) is 2.95. The summed E-state index contributed by atoms with van der Waals surface area (Å²) in [5, 5.41) is 8.94. The Balaban J connectivity index is 2.54. The van der Waals surface area contributed by atoms with E-state index in [1.54, 1.807) is 0 Å². The van der Waals surface area contributed by atoms with Crippen molar-refractivity contribution in [3.05, 3.63) is 35.2 Å². The summed E-state index contributed by atoms with van der Waals surface area (Å²) < 4.78 is 0. The van der Waals surface area contributed by atoms with Gasteiger partial charge in [0.05, 0.1) is 22.4 Å². The molecule has 2 aromatic rings. The highest BCUT2D eigenvalue weighted by Crippen LogP contribution is 2.16. The summed E-state index contributed by atoms with van der Waals surface area (Å²) in [4.78, 5) is 9.30. The van der Waals surface area contributed by atoms with Crippen molar-refractivity contribution < 1.29 is 5.11 Å². The molecule has 0 radical (unpaired) electrons. The average Bonchev–Trinajstić information content (AvgIpc) is 2.37. The fourth-order valence-electron chi connectivity index (χ4n) is 2.02. The lowest BCUT2D eigenvalue weighted by Gasteiger charge is -2.07. The van der Waals surface area contributed by atoms with Crippen LogP contribution in [0.25, 0.3) is 11.0 Å². The van der Waals surface area contributed by atoms with Gasteiger partial charge in [-0.2, -0.15) is 0 Å². The van der Waals surface area contributed by atoms with E-state index in [1.165, 1.54) is 0 Å². The van der Waals surface area contributed by atoms with Crippen molar-refractivity contribution in [2.24, 2.45) is 0 Å². The largest absolute Gasteiger partial charge is 0.396 e. The summed E-state index contributed by atoms with van der Waals surface area (Å²) in [6.07, 6.45) is 2.51. The van der Waals surface area contributed by atoms with Crippen molar-refractivity contribution in [3.8, 4) is 0 Å². The first-order valence-electron chi connectivity index (χ1n) is 6.17. The minimum absolute atomic E-state index is 0.173. The van der Waals surface area contributed by atoms with Crippen LogP contribution >= 0.6 is 0 Å². The van der Waals surface area contributed by atoms with Gasteiger partial charge in [-0.15, -0.1) is 0 Å². The first-order chi connectivity index (χ1) is 8.28. The van der Waals surface area contributed by atoms with E-state index in [-0.39, 0.29) is 6.61 Å². The first-order valence-corrected chi connectivity index (χ1v) is 6.17. The first kappa shape index (κ1) is 12.0. The maximum Gasteiger partial charge on any atom is 0.0893 e. The van der Waals surface area contributed by atoms with Crippen LogP contribution in [0.5, 0.6) is 0 Å². The highest BCUT2D eigenvalue weighted by atomic mass is 16.2. The molecule has 0 amide bonds. The van der Waals surface area contributed by atoms with Crippen LogP contribution in [-0.4, -0.2) is 21.7 Å². The second-order valence-electron chi connectivity index (χ2n) is 4.12. The van der Waals surface area contributed by atoms with Gasteiger partial charge in [0.15, 0.2) is 0 Å². The lowest BCUT2D eigenvalue weighted by molar-refractivity contribution is 0.299. The van der Waals surface area contributed by atoms with Crippen LogP contribution in [0.4, 0.5) is 0 Å². The Hall–Kier alpha value is -1.48. The molecule has 1 N–H and O–H groups in total. The van der Waals surface area contributed by atoms with E-state index in [0.29, 0.717) is 6.42 Å². The fourth-order valence-corrected chi connectivity index (χ4v) is 2.02. The normalized spacial score (nSPS) is 11.0. The molecule has 0 saturated carbocycles. The van der Waals surface area contributed by atoms with Gasteiger partial charge in [-0.25, -0.2) is 9.97 Å². The molecule has 0 aliphatic heterocycles. The molecule has 0 unspecified atom stereocenters. The van der Waals surface area contributed by atoms with E-state index >= 15 is 0 Å². The molecule has 0 saturated heterocycles. The molecule has 0 aliphatic rings. The number of aryl methyl sites for hydroxylation is 2. The smallest absolute Gasteiger partial charge is 0.0893 e. The van der Waals surface area contributed by atoms with Gasteiger partial charge in [0.1, 0.15) is 0 Å². The standard InChI is InChI=1S/C14H18N2O/c1-3-11-12(4-2)16-14-9-10(7-8-17)5-6-13(14)15-11/h5-6,9,17H,3-4,7-8H2,1-2H3. The summed E-state index contributed by atoms with van der Waals surface area (Å²) in [5.74, 6) is 0. The lowest BCUT2D eigenvalue weighted by atomic mass is 10.1. The molecule has 3 heteroatoms. The van der Waals surface area contributed by atoms with E-state index in [4.69, 9.17) is 5.11 Å². The molecule has 1 aromatic heterocycles. The van der Waals surface area contributed by atoms with Crippen LogP contribution in [0, 0.1) is 0 Å². The molecule has 17 heavy (non-hydrogen) atoms. The molecule has 3 nitrogen and oxygen atoms in total. The number of aliphatic hydroxyl groups is 1. The Morgan fingerprint density at radius 1 is 1.00 bits per heavy atom. The van der Waals surface area contributed by atoms with E-state index in [1.807, 2.05) is 18.2 Å². The molecule has 0 atom stereocenters. The van der Waals surface area contributed by atoms with Crippen LogP contribution < -0.4 is 0 Å². The summed E-state index contributed by atoms with van der Waals surface area (Å²) in [7, 11) is 0. The van der Waals surface area contributed by atoms with Gasteiger partial charge >= 0.3 is 0 Å². The maximum atomic E-state index is 8.94. The Bertz CT molecular complexity index is 523. The van der Waals surface area contributed by atoms with Gasteiger partial charge in [-0.05, 0) is 37.0 Å². The highest BCUT2D eigenvalue weighted by molar-refractivity contribution is 5.75. The van der Waals surface area contributed by atoms with Gasteiger partial charge in [0.2, 0.25) is 0 Å². The predicted molar refractivity (Wildman–Crippen MR) is 69.1 cm³/mol.